The number of thiazole rings is 1. The maximum atomic E-state index is 14.1. The van der Waals surface area contributed by atoms with Gasteiger partial charge in [-0.3, -0.25) is 14.4 Å². The summed E-state index contributed by atoms with van der Waals surface area (Å²) in [4.78, 5) is 48.2. The van der Waals surface area contributed by atoms with Gasteiger partial charge in [-0.05, 0) is 31.1 Å². The molecule has 0 bridgehead atoms. The largest absolute Gasteiger partial charge is 0.492 e. The minimum absolute atomic E-state index is 0.0234. The van der Waals surface area contributed by atoms with E-state index in [-0.39, 0.29) is 21.6 Å². The van der Waals surface area contributed by atoms with Crippen LogP contribution in [0.15, 0.2) is 65.5 Å². The molecule has 0 aliphatic heterocycles. The zero-order valence-corrected chi connectivity index (χ0v) is 25.9. The molecule has 2 aromatic carbocycles. The van der Waals surface area contributed by atoms with Gasteiger partial charge >= 0.3 is 0 Å². The summed E-state index contributed by atoms with van der Waals surface area (Å²) in [5.74, 6) is -2.51. The van der Waals surface area contributed by atoms with Crippen molar-refractivity contribution >= 4 is 40.9 Å². The molecule has 4 rings (SSSR count). The number of aromatic hydroxyl groups is 1. The predicted molar refractivity (Wildman–Crippen MR) is 175 cm³/mol. The van der Waals surface area contributed by atoms with Gasteiger partial charge in [-0.25, -0.2) is 4.98 Å². The first-order valence-electron chi connectivity index (χ1n) is 14.5. The van der Waals surface area contributed by atoms with Gasteiger partial charge in [0, 0.05) is 36.4 Å². The highest BCUT2D eigenvalue weighted by molar-refractivity contribution is 7.16. The number of unbranched alkanes of at least 4 members (excludes halogenated alkanes) is 2. The molecule has 2 amide bonds. The molecule has 0 fully saturated rings. The first kappa shape index (κ1) is 31.9. The fourth-order valence-electron chi connectivity index (χ4n) is 4.73. The first-order valence-corrected chi connectivity index (χ1v) is 15.3. The number of pyridine rings is 1. The highest BCUT2D eigenvalue weighted by Crippen LogP contribution is 2.34. The quantitative estimate of drug-likeness (QED) is 0.266. The van der Waals surface area contributed by atoms with Crippen molar-refractivity contribution in [2.75, 3.05) is 23.0 Å². The van der Waals surface area contributed by atoms with E-state index in [0.29, 0.717) is 20.3 Å². The second-order valence-corrected chi connectivity index (χ2v) is 11.2. The molecule has 226 valence electrons. The van der Waals surface area contributed by atoms with Crippen molar-refractivity contribution in [2.24, 2.45) is 0 Å². The number of hydrogen-bond acceptors (Lipinski definition) is 8. The van der Waals surface area contributed by atoms with Crippen LogP contribution in [0.25, 0.3) is 23.9 Å². The highest BCUT2D eigenvalue weighted by atomic mass is 32.1. The van der Waals surface area contributed by atoms with Gasteiger partial charge in [-0.2, -0.15) is 14.9 Å². The van der Waals surface area contributed by atoms with Crippen molar-refractivity contribution in [1.29, 1.82) is 5.26 Å². The van der Waals surface area contributed by atoms with E-state index in [2.05, 4.69) is 25.3 Å². The molecule has 0 spiro atoms. The summed E-state index contributed by atoms with van der Waals surface area (Å²) >= 11 is 1.41. The van der Waals surface area contributed by atoms with Gasteiger partial charge in [0.15, 0.2) is 5.13 Å². The van der Waals surface area contributed by atoms with Crippen LogP contribution in [0, 0.1) is 11.3 Å². The Morgan fingerprint density at radius 3 is 2.18 bits per heavy atom. The van der Waals surface area contributed by atoms with Crippen LogP contribution in [0.5, 0.6) is 5.88 Å². The molecule has 0 saturated heterocycles. The van der Waals surface area contributed by atoms with Crippen molar-refractivity contribution in [2.45, 2.75) is 46.5 Å². The third-order valence-corrected chi connectivity index (χ3v) is 8.16. The molecule has 44 heavy (non-hydrogen) atoms. The van der Waals surface area contributed by atoms with E-state index >= 15 is 0 Å². The van der Waals surface area contributed by atoms with Gasteiger partial charge in [0.05, 0.1) is 15.8 Å². The minimum Gasteiger partial charge on any atom is -0.492 e. The molecule has 1 N–H and O–H groups in total. The van der Waals surface area contributed by atoms with Gasteiger partial charge in [-0.1, -0.05) is 93.1 Å². The van der Waals surface area contributed by atoms with Crippen molar-refractivity contribution in [3.8, 4) is 23.2 Å². The number of imide groups is 1. The van der Waals surface area contributed by atoms with Crippen molar-refractivity contribution in [3.05, 3.63) is 97.5 Å². The minimum atomic E-state index is -0.881. The SMILES string of the molecule is C=c1c(C#N)c(O)n(N(C(C)=O)C(=O)c2ccccc2)c(=O)c1=Cc1sc(N(CCCC)CCCC)nc1-c1ccccc1. The molecular weight excluding hydrogens is 574 g/mol. The van der Waals surface area contributed by atoms with E-state index < -0.39 is 23.3 Å². The summed E-state index contributed by atoms with van der Waals surface area (Å²) < 4.78 is 0.551. The third kappa shape index (κ3) is 6.63. The number of rotatable bonds is 11. The molecule has 0 aliphatic carbocycles. The topological polar surface area (TPSA) is 120 Å². The van der Waals surface area contributed by atoms with E-state index in [1.165, 1.54) is 23.5 Å². The maximum Gasteiger partial charge on any atom is 0.280 e. The van der Waals surface area contributed by atoms with Crippen LogP contribution in [0.1, 0.15) is 67.3 Å². The van der Waals surface area contributed by atoms with Crippen LogP contribution in [-0.2, 0) is 4.79 Å². The number of amides is 2. The second kappa shape index (κ2) is 14.4. The second-order valence-electron chi connectivity index (χ2n) is 10.2. The van der Waals surface area contributed by atoms with E-state index in [0.717, 1.165) is 56.4 Å². The molecule has 0 unspecified atom stereocenters. The van der Waals surface area contributed by atoms with Crippen molar-refractivity contribution < 1.29 is 14.7 Å². The molecule has 10 heteroatoms. The van der Waals surface area contributed by atoms with E-state index in [9.17, 15) is 24.8 Å². The molecule has 0 saturated carbocycles. The molecule has 0 atom stereocenters. The van der Waals surface area contributed by atoms with E-state index in [1.807, 2.05) is 36.4 Å². The smallest absolute Gasteiger partial charge is 0.280 e. The molecule has 0 radical (unpaired) electrons. The molecular formula is C34H35N5O4S. The van der Waals surface area contributed by atoms with E-state index in [1.54, 1.807) is 24.3 Å². The average molecular weight is 610 g/mol. The molecule has 4 aromatic rings. The number of aromatic nitrogens is 2. The number of benzene rings is 2. The lowest BCUT2D eigenvalue weighted by Crippen LogP contribution is -2.56. The van der Waals surface area contributed by atoms with Gasteiger partial charge in [0.1, 0.15) is 11.6 Å². The summed E-state index contributed by atoms with van der Waals surface area (Å²) in [7, 11) is 0. The molecule has 9 nitrogen and oxygen atoms in total. The lowest BCUT2D eigenvalue weighted by molar-refractivity contribution is -0.117. The lowest BCUT2D eigenvalue weighted by atomic mass is 10.1. The normalized spacial score (nSPS) is 11.3. The van der Waals surface area contributed by atoms with Crippen molar-refractivity contribution in [1.82, 2.24) is 9.66 Å². The van der Waals surface area contributed by atoms with Gasteiger partial charge in [-0.15, -0.1) is 0 Å². The van der Waals surface area contributed by atoms with E-state index in [4.69, 9.17) is 4.98 Å². The number of carbonyl (C=O) groups is 2. The van der Waals surface area contributed by atoms with Crippen LogP contribution >= 0.6 is 11.3 Å². The zero-order chi connectivity index (χ0) is 31.8. The molecule has 0 aliphatic rings. The lowest BCUT2D eigenvalue weighted by Gasteiger charge is -2.22. The Morgan fingerprint density at radius 2 is 1.64 bits per heavy atom. The predicted octanol–water partition coefficient (Wildman–Crippen LogP) is 4.52. The summed E-state index contributed by atoms with van der Waals surface area (Å²) in [6.07, 6.45) is 5.63. The van der Waals surface area contributed by atoms with Crippen LogP contribution in [0.3, 0.4) is 0 Å². The van der Waals surface area contributed by atoms with Gasteiger partial charge in [0.2, 0.25) is 11.8 Å². The summed E-state index contributed by atoms with van der Waals surface area (Å²) in [5, 5.41) is 22.3. The van der Waals surface area contributed by atoms with Gasteiger partial charge < -0.3 is 10.0 Å². The fraction of sp³-hybridized carbons (Fsp3) is 0.265. The molecule has 2 heterocycles. The Hall–Kier alpha value is -5.01. The number of nitriles is 1. The Morgan fingerprint density at radius 1 is 1.05 bits per heavy atom. The highest BCUT2D eigenvalue weighted by Gasteiger charge is 2.28. The van der Waals surface area contributed by atoms with Gasteiger partial charge in [0.25, 0.3) is 11.5 Å². The summed E-state index contributed by atoms with van der Waals surface area (Å²) in [6.45, 7) is 11.0. The molecule has 2 aromatic heterocycles. The maximum absolute atomic E-state index is 14.1. The average Bonchev–Trinajstić information content (AvgIpc) is 3.45. The Balaban J connectivity index is 2.01. The Labute approximate surface area is 260 Å². The number of carbonyl (C=O) groups excluding carboxylic acids is 2. The van der Waals surface area contributed by atoms with Crippen LogP contribution in [0.2, 0.25) is 0 Å². The van der Waals surface area contributed by atoms with Crippen LogP contribution in [-0.4, -0.2) is 39.7 Å². The Bertz CT molecular complexity index is 1850. The number of nitrogens with zero attached hydrogens (tertiary/aromatic N) is 5. The van der Waals surface area contributed by atoms with Crippen LogP contribution in [0.4, 0.5) is 5.13 Å². The summed E-state index contributed by atoms with van der Waals surface area (Å²) in [5.41, 5.74) is 0.385. The monoisotopic (exact) mass is 609 g/mol. The van der Waals surface area contributed by atoms with Crippen molar-refractivity contribution in [3.63, 3.8) is 0 Å². The standard InChI is InChI=1S/C34H35N5O4S/c1-5-7-19-37(20-8-6-2)34-36-30(25-15-11-9-12-16-25)29(44-34)21-27-23(3)28(22-35)33(43)39(32(27)42)38(24(4)40)31(41)26-17-13-10-14-18-26/h9-18,21,43H,3,5-8,19-20H2,1-2,4H3. The third-order valence-electron chi connectivity index (χ3n) is 7.10. The zero-order valence-electron chi connectivity index (χ0n) is 25.1. The van der Waals surface area contributed by atoms with Crippen LogP contribution < -0.4 is 25.9 Å². The fourth-order valence-corrected chi connectivity index (χ4v) is 5.81. The first-order chi connectivity index (χ1) is 21.2. The summed E-state index contributed by atoms with van der Waals surface area (Å²) in [6, 6.07) is 19.4. The Kier molecular flexibility index (Phi) is 10.5. The number of hydrogen-bond donors (Lipinski definition) is 1. The number of anilines is 1.